The van der Waals surface area contributed by atoms with Gasteiger partial charge in [-0.2, -0.15) is 13.2 Å². The smallest absolute Gasteiger partial charge is 0.326 e. The molecule has 0 aliphatic heterocycles. The van der Waals surface area contributed by atoms with Crippen molar-refractivity contribution in [3.8, 4) is 16.9 Å². The third kappa shape index (κ3) is 6.18. The number of aryl methyl sites for hydroxylation is 1. The lowest BCUT2D eigenvalue weighted by atomic mass is 10.1. The molecule has 4 rings (SSSR count). The maximum Gasteiger partial charge on any atom is 0.416 e. The standard InChI is InChI=1S/C29H25F3N4O2/c1-3-17-35(27(38)22-11-9-20(2)10-12-22)19-26(37)34-28-33-25(21-7-5-4-6-8-21)18-36(28)24-15-13-23(14-16-24)29(30,31)32/h3-16,18H,1,17,19H2,2H3,(H,33,34,37). The number of anilines is 1. The number of carbonyl (C=O) groups is 2. The molecular weight excluding hydrogens is 493 g/mol. The molecule has 6 nitrogen and oxygen atoms in total. The number of halogens is 3. The highest BCUT2D eigenvalue weighted by Gasteiger charge is 2.30. The largest absolute Gasteiger partial charge is 0.416 e. The number of imidazole rings is 1. The van der Waals surface area contributed by atoms with E-state index >= 15 is 0 Å². The number of hydrogen-bond acceptors (Lipinski definition) is 3. The zero-order chi connectivity index (χ0) is 27.3. The molecule has 0 bridgehead atoms. The lowest BCUT2D eigenvalue weighted by molar-refractivity contribution is -0.137. The minimum absolute atomic E-state index is 0.106. The highest BCUT2D eigenvalue weighted by Crippen LogP contribution is 2.31. The van der Waals surface area contributed by atoms with E-state index in [1.807, 2.05) is 49.4 Å². The molecule has 0 saturated heterocycles. The van der Waals surface area contributed by atoms with Crippen LogP contribution in [0.4, 0.5) is 19.1 Å². The number of benzene rings is 3. The van der Waals surface area contributed by atoms with E-state index in [9.17, 15) is 22.8 Å². The first kappa shape index (κ1) is 26.4. The van der Waals surface area contributed by atoms with E-state index in [0.29, 0.717) is 16.9 Å². The van der Waals surface area contributed by atoms with Gasteiger partial charge in [-0.25, -0.2) is 4.98 Å². The van der Waals surface area contributed by atoms with Crippen LogP contribution in [0.15, 0.2) is 97.7 Å². The van der Waals surface area contributed by atoms with Gasteiger partial charge in [-0.1, -0.05) is 54.1 Å². The molecule has 1 aromatic heterocycles. The Morgan fingerprint density at radius 2 is 1.66 bits per heavy atom. The summed E-state index contributed by atoms with van der Waals surface area (Å²) in [7, 11) is 0. The second-order valence-corrected chi connectivity index (χ2v) is 8.62. The number of aromatic nitrogens is 2. The molecule has 1 N–H and O–H groups in total. The molecule has 0 saturated carbocycles. The molecule has 9 heteroatoms. The average Bonchev–Trinajstić information content (AvgIpc) is 3.32. The van der Waals surface area contributed by atoms with Gasteiger partial charge in [0.25, 0.3) is 5.91 Å². The number of amides is 2. The molecule has 0 atom stereocenters. The summed E-state index contributed by atoms with van der Waals surface area (Å²) >= 11 is 0. The van der Waals surface area contributed by atoms with Crippen molar-refractivity contribution in [3.05, 3.63) is 114 Å². The van der Waals surface area contributed by atoms with Crippen LogP contribution >= 0.6 is 0 Å². The summed E-state index contributed by atoms with van der Waals surface area (Å²) in [4.78, 5) is 31.9. The van der Waals surface area contributed by atoms with Crippen LogP contribution in [0.3, 0.4) is 0 Å². The number of carbonyl (C=O) groups excluding carboxylic acids is 2. The summed E-state index contributed by atoms with van der Waals surface area (Å²) in [6.07, 6.45) is -1.32. The highest BCUT2D eigenvalue weighted by molar-refractivity contribution is 5.99. The fourth-order valence-corrected chi connectivity index (χ4v) is 3.82. The highest BCUT2D eigenvalue weighted by atomic mass is 19.4. The van der Waals surface area contributed by atoms with Crippen LogP contribution in [0.2, 0.25) is 0 Å². The first-order valence-corrected chi connectivity index (χ1v) is 11.7. The van der Waals surface area contributed by atoms with Gasteiger partial charge in [0.15, 0.2) is 0 Å². The minimum atomic E-state index is -4.47. The fourth-order valence-electron chi connectivity index (χ4n) is 3.82. The van der Waals surface area contributed by atoms with Crippen LogP contribution in [0.25, 0.3) is 16.9 Å². The first-order valence-electron chi connectivity index (χ1n) is 11.7. The Kier molecular flexibility index (Phi) is 7.76. The molecule has 0 radical (unpaired) electrons. The zero-order valence-corrected chi connectivity index (χ0v) is 20.6. The fraction of sp³-hybridized carbons (Fsp3) is 0.138. The Morgan fingerprint density at radius 3 is 2.26 bits per heavy atom. The molecule has 38 heavy (non-hydrogen) atoms. The molecule has 1 heterocycles. The Balaban J connectivity index is 1.62. The van der Waals surface area contributed by atoms with E-state index in [0.717, 1.165) is 23.3 Å². The van der Waals surface area contributed by atoms with Crippen LogP contribution in [0.5, 0.6) is 0 Å². The summed E-state index contributed by atoms with van der Waals surface area (Å²) in [5, 5.41) is 2.71. The SMILES string of the molecule is C=CCN(CC(=O)Nc1nc(-c2ccccc2)cn1-c1ccc(C(F)(F)F)cc1)C(=O)c1ccc(C)cc1. The third-order valence-electron chi connectivity index (χ3n) is 5.77. The van der Waals surface area contributed by atoms with Crippen LogP contribution in [-0.2, 0) is 11.0 Å². The van der Waals surface area contributed by atoms with E-state index in [1.165, 1.54) is 27.7 Å². The van der Waals surface area contributed by atoms with Crippen molar-refractivity contribution in [2.24, 2.45) is 0 Å². The van der Waals surface area contributed by atoms with Crippen molar-refractivity contribution in [2.45, 2.75) is 13.1 Å². The van der Waals surface area contributed by atoms with Gasteiger partial charge in [-0.15, -0.1) is 6.58 Å². The topological polar surface area (TPSA) is 67.2 Å². The summed E-state index contributed by atoms with van der Waals surface area (Å²) in [6, 6.07) is 20.7. The van der Waals surface area contributed by atoms with E-state index in [-0.39, 0.29) is 24.9 Å². The normalized spacial score (nSPS) is 11.2. The van der Waals surface area contributed by atoms with Crippen LogP contribution in [-0.4, -0.2) is 39.4 Å². The molecule has 0 fully saturated rings. The Morgan fingerprint density at radius 1 is 1.00 bits per heavy atom. The van der Waals surface area contributed by atoms with Crippen molar-refractivity contribution < 1.29 is 22.8 Å². The quantitative estimate of drug-likeness (QED) is 0.285. The van der Waals surface area contributed by atoms with Gasteiger partial charge in [0.05, 0.1) is 11.3 Å². The van der Waals surface area contributed by atoms with Gasteiger partial charge in [-0.05, 0) is 43.3 Å². The average molecular weight is 519 g/mol. The Labute approximate surface area is 218 Å². The Bertz CT molecular complexity index is 1430. The molecule has 0 spiro atoms. The van der Waals surface area contributed by atoms with Crippen molar-refractivity contribution in [3.63, 3.8) is 0 Å². The summed E-state index contributed by atoms with van der Waals surface area (Å²) < 4.78 is 40.7. The van der Waals surface area contributed by atoms with Crippen LogP contribution < -0.4 is 5.32 Å². The van der Waals surface area contributed by atoms with E-state index < -0.39 is 17.6 Å². The molecule has 0 aliphatic rings. The zero-order valence-electron chi connectivity index (χ0n) is 20.6. The summed E-state index contributed by atoms with van der Waals surface area (Å²) in [6.45, 7) is 5.45. The predicted octanol–water partition coefficient (Wildman–Crippen LogP) is 6.13. The van der Waals surface area contributed by atoms with Gasteiger partial charge in [0.2, 0.25) is 11.9 Å². The lowest BCUT2D eigenvalue weighted by Crippen LogP contribution is -2.38. The third-order valence-corrected chi connectivity index (χ3v) is 5.77. The Hall–Kier alpha value is -4.66. The maximum absolute atomic E-state index is 13.1. The maximum atomic E-state index is 13.1. The first-order chi connectivity index (χ1) is 18.2. The monoisotopic (exact) mass is 518 g/mol. The van der Waals surface area contributed by atoms with Gasteiger partial charge >= 0.3 is 6.18 Å². The number of nitrogens with one attached hydrogen (secondary N) is 1. The van der Waals surface area contributed by atoms with Crippen molar-refractivity contribution in [1.82, 2.24) is 14.5 Å². The summed E-state index contributed by atoms with van der Waals surface area (Å²) in [5.41, 5.74) is 2.30. The second kappa shape index (κ2) is 11.2. The number of alkyl halides is 3. The van der Waals surface area contributed by atoms with Crippen molar-refractivity contribution in [2.75, 3.05) is 18.4 Å². The van der Waals surface area contributed by atoms with Gasteiger partial charge in [-0.3, -0.25) is 19.5 Å². The van der Waals surface area contributed by atoms with E-state index in [4.69, 9.17) is 0 Å². The minimum Gasteiger partial charge on any atom is -0.326 e. The van der Waals surface area contributed by atoms with Crippen molar-refractivity contribution >= 4 is 17.8 Å². The number of hydrogen-bond donors (Lipinski definition) is 1. The van der Waals surface area contributed by atoms with Crippen LogP contribution in [0.1, 0.15) is 21.5 Å². The van der Waals surface area contributed by atoms with Gasteiger partial charge in [0.1, 0.15) is 6.54 Å². The second-order valence-electron chi connectivity index (χ2n) is 8.62. The molecule has 194 valence electrons. The molecule has 0 aliphatic carbocycles. The molecular formula is C29H25F3N4O2. The van der Waals surface area contributed by atoms with Gasteiger partial charge < -0.3 is 4.90 Å². The molecule has 4 aromatic rings. The number of nitrogens with zero attached hydrogens (tertiary/aromatic N) is 3. The molecule has 0 unspecified atom stereocenters. The van der Waals surface area contributed by atoms with E-state index in [1.54, 1.807) is 18.3 Å². The van der Waals surface area contributed by atoms with Crippen LogP contribution in [0, 0.1) is 6.92 Å². The summed E-state index contributed by atoms with van der Waals surface area (Å²) in [5.74, 6) is -0.753. The van der Waals surface area contributed by atoms with Gasteiger partial charge in [0, 0.05) is 29.6 Å². The molecule has 2 amide bonds. The predicted molar refractivity (Wildman–Crippen MR) is 140 cm³/mol. The van der Waals surface area contributed by atoms with Crippen molar-refractivity contribution in [1.29, 1.82) is 0 Å². The molecule has 3 aromatic carbocycles. The van der Waals surface area contributed by atoms with E-state index in [2.05, 4.69) is 16.9 Å². The number of rotatable bonds is 8. The lowest BCUT2D eigenvalue weighted by Gasteiger charge is -2.21.